The number of fused-ring (bicyclic) bond motifs is 1. The molecule has 1 amide bonds. The molecule has 2 heterocycles. The van der Waals surface area contributed by atoms with Crippen LogP contribution in [0.15, 0.2) is 60.0 Å². The molecule has 27 heavy (non-hydrogen) atoms. The van der Waals surface area contributed by atoms with Crippen LogP contribution in [0.4, 0.5) is 5.69 Å². The molecule has 0 saturated carbocycles. The minimum Gasteiger partial charge on any atom is -0.324 e. The lowest BCUT2D eigenvalue weighted by molar-refractivity contribution is -0.117. The maximum atomic E-state index is 12.7. The molecule has 0 saturated heterocycles. The fourth-order valence-electron chi connectivity index (χ4n) is 3.66. The SMILES string of the molecule is Cc1ccc(NC(=O)CN2CCc3sccc3[C@@H]2c2ccccc2)c(Cl)c1. The van der Waals surface area contributed by atoms with Crippen LogP contribution >= 0.6 is 22.9 Å². The number of aryl methyl sites for hydroxylation is 1. The topological polar surface area (TPSA) is 32.3 Å². The van der Waals surface area contributed by atoms with Gasteiger partial charge in [0.15, 0.2) is 0 Å². The smallest absolute Gasteiger partial charge is 0.238 e. The fourth-order valence-corrected chi connectivity index (χ4v) is 4.85. The lowest BCUT2D eigenvalue weighted by atomic mass is 9.93. The Morgan fingerprint density at radius 3 is 2.81 bits per heavy atom. The molecule has 0 aliphatic carbocycles. The van der Waals surface area contributed by atoms with E-state index in [0.29, 0.717) is 17.3 Å². The molecule has 1 aromatic heterocycles. The van der Waals surface area contributed by atoms with E-state index >= 15 is 0 Å². The highest BCUT2D eigenvalue weighted by Crippen LogP contribution is 2.37. The van der Waals surface area contributed by atoms with Crippen LogP contribution in [0.5, 0.6) is 0 Å². The molecule has 1 aliphatic heterocycles. The number of carbonyl (C=O) groups excluding carboxylic acids is 1. The van der Waals surface area contributed by atoms with Crippen molar-refractivity contribution < 1.29 is 4.79 Å². The molecule has 0 bridgehead atoms. The van der Waals surface area contributed by atoms with Gasteiger partial charge in [-0.25, -0.2) is 0 Å². The molecule has 138 valence electrons. The summed E-state index contributed by atoms with van der Waals surface area (Å²) in [5.74, 6) is -0.0413. The normalized spacial score (nSPS) is 16.7. The number of hydrogen-bond donors (Lipinski definition) is 1. The third-order valence-electron chi connectivity index (χ3n) is 4.93. The average molecular weight is 397 g/mol. The third kappa shape index (κ3) is 3.93. The number of halogens is 1. The number of nitrogens with zero attached hydrogens (tertiary/aromatic N) is 1. The van der Waals surface area contributed by atoms with E-state index in [-0.39, 0.29) is 11.9 Å². The van der Waals surface area contributed by atoms with Gasteiger partial charge in [-0.1, -0.05) is 48.0 Å². The number of nitrogens with one attached hydrogen (secondary N) is 1. The molecular weight excluding hydrogens is 376 g/mol. The average Bonchev–Trinajstić information content (AvgIpc) is 3.13. The summed E-state index contributed by atoms with van der Waals surface area (Å²) in [6.07, 6.45) is 0.981. The monoisotopic (exact) mass is 396 g/mol. The van der Waals surface area contributed by atoms with Crippen molar-refractivity contribution in [3.05, 3.63) is 86.6 Å². The predicted molar refractivity (Wildman–Crippen MR) is 113 cm³/mol. The molecular formula is C22H21ClN2OS. The summed E-state index contributed by atoms with van der Waals surface area (Å²) in [7, 11) is 0. The second-order valence-corrected chi connectivity index (χ2v) is 8.27. The summed E-state index contributed by atoms with van der Waals surface area (Å²) in [6.45, 7) is 3.18. The van der Waals surface area contributed by atoms with Gasteiger partial charge >= 0.3 is 0 Å². The van der Waals surface area contributed by atoms with Crippen molar-refractivity contribution >= 4 is 34.5 Å². The van der Waals surface area contributed by atoms with Gasteiger partial charge in [-0.15, -0.1) is 11.3 Å². The lowest BCUT2D eigenvalue weighted by Gasteiger charge is -2.35. The second kappa shape index (κ2) is 7.85. The van der Waals surface area contributed by atoms with Gasteiger partial charge in [0, 0.05) is 11.4 Å². The van der Waals surface area contributed by atoms with Crippen molar-refractivity contribution in [1.82, 2.24) is 4.90 Å². The third-order valence-corrected chi connectivity index (χ3v) is 6.24. The second-order valence-electron chi connectivity index (χ2n) is 6.86. The van der Waals surface area contributed by atoms with Crippen LogP contribution in [-0.4, -0.2) is 23.9 Å². The zero-order valence-corrected chi connectivity index (χ0v) is 16.7. The minimum atomic E-state index is -0.0413. The molecule has 0 spiro atoms. The first-order valence-electron chi connectivity index (χ1n) is 9.03. The Morgan fingerprint density at radius 1 is 1.22 bits per heavy atom. The van der Waals surface area contributed by atoms with Crippen LogP contribution in [0.1, 0.15) is 27.6 Å². The minimum absolute atomic E-state index is 0.0413. The van der Waals surface area contributed by atoms with E-state index in [1.165, 1.54) is 16.0 Å². The molecule has 0 unspecified atom stereocenters. The number of amides is 1. The Bertz CT molecular complexity index is 954. The van der Waals surface area contributed by atoms with Gasteiger partial charge < -0.3 is 5.32 Å². The molecule has 3 aromatic rings. The van der Waals surface area contributed by atoms with Crippen molar-refractivity contribution in [2.24, 2.45) is 0 Å². The summed E-state index contributed by atoms with van der Waals surface area (Å²) in [4.78, 5) is 16.4. The van der Waals surface area contributed by atoms with E-state index in [9.17, 15) is 4.79 Å². The highest BCUT2D eigenvalue weighted by molar-refractivity contribution is 7.10. The van der Waals surface area contributed by atoms with E-state index in [1.807, 2.05) is 31.2 Å². The highest BCUT2D eigenvalue weighted by atomic mass is 35.5. The van der Waals surface area contributed by atoms with Crippen LogP contribution in [0.3, 0.4) is 0 Å². The Labute approximate surface area is 168 Å². The van der Waals surface area contributed by atoms with E-state index in [0.717, 1.165) is 18.5 Å². The van der Waals surface area contributed by atoms with Gasteiger partial charge in [-0.2, -0.15) is 0 Å². The fraction of sp³-hybridized carbons (Fsp3) is 0.227. The molecule has 1 aliphatic rings. The van der Waals surface area contributed by atoms with E-state index in [2.05, 4.69) is 45.9 Å². The van der Waals surface area contributed by atoms with Gasteiger partial charge in [0.05, 0.1) is 23.3 Å². The van der Waals surface area contributed by atoms with Crippen molar-refractivity contribution in [3.63, 3.8) is 0 Å². The molecule has 1 N–H and O–H groups in total. The molecule has 4 rings (SSSR count). The Hall–Kier alpha value is -2.14. The summed E-state index contributed by atoms with van der Waals surface area (Å²) >= 11 is 8.07. The van der Waals surface area contributed by atoms with E-state index < -0.39 is 0 Å². The number of hydrogen-bond acceptors (Lipinski definition) is 3. The predicted octanol–water partition coefficient (Wildman–Crippen LogP) is 5.30. The maximum Gasteiger partial charge on any atom is 0.238 e. The maximum absolute atomic E-state index is 12.7. The summed E-state index contributed by atoms with van der Waals surface area (Å²) < 4.78 is 0. The van der Waals surface area contributed by atoms with Crippen LogP contribution in [0, 0.1) is 6.92 Å². The lowest BCUT2D eigenvalue weighted by Crippen LogP contribution is -2.40. The zero-order chi connectivity index (χ0) is 18.8. The van der Waals surface area contributed by atoms with Gasteiger partial charge in [0.25, 0.3) is 0 Å². The summed E-state index contributed by atoms with van der Waals surface area (Å²) in [5.41, 5.74) is 4.27. The molecule has 2 aromatic carbocycles. The van der Waals surface area contributed by atoms with Crippen LogP contribution in [0.25, 0.3) is 0 Å². The van der Waals surface area contributed by atoms with Crippen molar-refractivity contribution in [2.45, 2.75) is 19.4 Å². The van der Waals surface area contributed by atoms with Gasteiger partial charge in [0.1, 0.15) is 0 Å². The molecule has 0 fully saturated rings. The number of thiophene rings is 1. The first kappa shape index (κ1) is 18.2. The number of anilines is 1. The number of rotatable bonds is 4. The van der Waals surface area contributed by atoms with Crippen LogP contribution < -0.4 is 5.32 Å². The number of carbonyl (C=O) groups is 1. The van der Waals surface area contributed by atoms with E-state index in [1.54, 1.807) is 11.3 Å². The van der Waals surface area contributed by atoms with Gasteiger partial charge in [-0.3, -0.25) is 9.69 Å². The molecule has 3 nitrogen and oxygen atoms in total. The van der Waals surface area contributed by atoms with Crippen LogP contribution in [-0.2, 0) is 11.2 Å². The van der Waals surface area contributed by atoms with Gasteiger partial charge in [0.2, 0.25) is 5.91 Å². The van der Waals surface area contributed by atoms with Crippen molar-refractivity contribution in [1.29, 1.82) is 0 Å². The quantitative estimate of drug-likeness (QED) is 0.649. The molecule has 0 radical (unpaired) electrons. The summed E-state index contributed by atoms with van der Waals surface area (Å²) in [5, 5.41) is 5.68. The number of benzene rings is 2. The first-order valence-corrected chi connectivity index (χ1v) is 10.3. The van der Waals surface area contributed by atoms with Gasteiger partial charge in [-0.05, 0) is 53.6 Å². The molecule has 5 heteroatoms. The van der Waals surface area contributed by atoms with Crippen molar-refractivity contribution in [3.8, 4) is 0 Å². The Morgan fingerprint density at radius 2 is 2.04 bits per heavy atom. The Kier molecular flexibility index (Phi) is 5.30. The first-order chi connectivity index (χ1) is 13.1. The largest absolute Gasteiger partial charge is 0.324 e. The van der Waals surface area contributed by atoms with Crippen LogP contribution in [0.2, 0.25) is 5.02 Å². The standard InChI is InChI=1S/C22H21ClN2OS/c1-15-7-8-19(18(23)13-15)24-21(26)14-25-11-9-20-17(10-12-27-20)22(25)16-5-3-2-4-6-16/h2-8,10,12-13,22H,9,11,14H2,1H3,(H,24,26)/t22-/m0/s1. The van der Waals surface area contributed by atoms with Crippen molar-refractivity contribution in [2.75, 3.05) is 18.4 Å². The molecule has 1 atom stereocenters. The summed E-state index contributed by atoms with van der Waals surface area (Å²) in [6, 6.07) is 18.4. The zero-order valence-electron chi connectivity index (χ0n) is 15.1. The van der Waals surface area contributed by atoms with E-state index in [4.69, 9.17) is 11.6 Å². The highest BCUT2D eigenvalue weighted by Gasteiger charge is 2.30. The Balaban J connectivity index is 1.56.